The molecule has 2 heterocycles. The molecule has 7 nitrogen and oxygen atoms in total. The van der Waals surface area contributed by atoms with Crippen LogP contribution in [0, 0.1) is 0 Å². The molecule has 0 fully saturated rings. The molecule has 0 bridgehead atoms. The highest BCUT2D eigenvalue weighted by molar-refractivity contribution is 5.84. The SMILES string of the molecule is NC(=O)CCC1C(=O)NC(Cc2ccccc2)c2nc3ccccc3c(=O)n21. The third kappa shape index (κ3) is 3.26. The zero-order valence-corrected chi connectivity index (χ0v) is 15.2. The highest BCUT2D eigenvalue weighted by Crippen LogP contribution is 2.28. The van der Waals surface area contributed by atoms with Gasteiger partial charge in [-0.2, -0.15) is 0 Å². The van der Waals surface area contributed by atoms with E-state index in [4.69, 9.17) is 10.7 Å². The normalized spacial score (nSPS) is 18.5. The van der Waals surface area contributed by atoms with Crippen molar-refractivity contribution in [3.05, 3.63) is 76.3 Å². The number of hydrogen-bond acceptors (Lipinski definition) is 4. The van der Waals surface area contributed by atoms with Crippen LogP contribution in [-0.4, -0.2) is 21.4 Å². The van der Waals surface area contributed by atoms with Crippen LogP contribution >= 0.6 is 0 Å². The predicted octanol–water partition coefficient (Wildman–Crippen LogP) is 1.62. The molecule has 3 aromatic rings. The molecule has 7 heteroatoms. The standard InChI is InChI=1S/C21H20N4O3/c22-18(26)11-10-17-20(27)24-16(12-13-6-2-1-3-7-13)19-23-15-9-5-4-8-14(15)21(28)25(17)19/h1-9,16-17H,10-12H2,(H2,22,26)(H,24,27). The van der Waals surface area contributed by atoms with E-state index < -0.39 is 18.0 Å². The van der Waals surface area contributed by atoms with Gasteiger partial charge in [-0.1, -0.05) is 42.5 Å². The summed E-state index contributed by atoms with van der Waals surface area (Å²) in [6.45, 7) is 0. The van der Waals surface area contributed by atoms with Crippen molar-refractivity contribution in [3.63, 3.8) is 0 Å². The Morgan fingerprint density at radius 2 is 1.79 bits per heavy atom. The Morgan fingerprint density at radius 3 is 2.54 bits per heavy atom. The molecule has 0 saturated carbocycles. The number of nitrogens with one attached hydrogen (secondary N) is 1. The smallest absolute Gasteiger partial charge is 0.262 e. The van der Waals surface area contributed by atoms with Gasteiger partial charge >= 0.3 is 0 Å². The number of para-hydroxylation sites is 1. The average molecular weight is 376 g/mol. The summed E-state index contributed by atoms with van der Waals surface area (Å²) in [4.78, 5) is 42.0. The van der Waals surface area contributed by atoms with Gasteiger partial charge < -0.3 is 11.1 Å². The van der Waals surface area contributed by atoms with Crippen molar-refractivity contribution in [1.29, 1.82) is 0 Å². The van der Waals surface area contributed by atoms with Crippen LogP contribution in [0.5, 0.6) is 0 Å². The molecule has 1 aliphatic rings. The number of aromatic nitrogens is 2. The summed E-state index contributed by atoms with van der Waals surface area (Å²) in [6, 6.07) is 15.5. The number of fused-ring (bicyclic) bond motifs is 2. The first kappa shape index (κ1) is 17.9. The molecular formula is C21H20N4O3. The van der Waals surface area contributed by atoms with E-state index in [-0.39, 0.29) is 24.3 Å². The van der Waals surface area contributed by atoms with Crippen LogP contribution in [-0.2, 0) is 16.0 Å². The first-order chi connectivity index (χ1) is 13.5. The highest BCUT2D eigenvalue weighted by atomic mass is 16.2. The van der Waals surface area contributed by atoms with Crippen molar-refractivity contribution in [2.75, 3.05) is 0 Å². The number of rotatable bonds is 5. The number of carbonyl (C=O) groups excluding carboxylic acids is 2. The highest BCUT2D eigenvalue weighted by Gasteiger charge is 2.35. The molecule has 0 radical (unpaired) electrons. The number of nitrogens with zero attached hydrogens (tertiary/aromatic N) is 2. The van der Waals surface area contributed by atoms with Crippen molar-refractivity contribution < 1.29 is 9.59 Å². The number of primary amides is 1. The second kappa shape index (κ2) is 7.26. The predicted molar refractivity (Wildman–Crippen MR) is 104 cm³/mol. The topological polar surface area (TPSA) is 107 Å². The van der Waals surface area contributed by atoms with Crippen molar-refractivity contribution in [3.8, 4) is 0 Å². The maximum Gasteiger partial charge on any atom is 0.262 e. The quantitative estimate of drug-likeness (QED) is 0.705. The number of carbonyl (C=O) groups is 2. The Labute approximate surface area is 161 Å². The molecule has 2 aromatic carbocycles. The Morgan fingerprint density at radius 1 is 1.07 bits per heavy atom. The first-order valence-corrected chi connectivity index (χ1v) is 9.18. The summed E-state index contributed by atoms with van der Waals surface area (Å²) >= 11 is 0. The molecule has 0 saturated heterocycles. The molecule has 1 aliphatic heterocycles. The van der Waals surface area contributed by atoms with E-state index in [2.05, 4.69) is 5.32 Å². The molecule has 2 atom stereocenters. The average Bonchev–Trinajstić information content (AvgIpc) is 2.69. The monoisotopic (exact) mass is 376 g/mol. The van der Waals surface area contributed by atoms with Crippen LogP contribution in [0.3, 0.4) is 0 Å². The number of nitrogens with two attached hydrogens (primary N) is 1. The van der Waals surface area contributed by atoms with Gasteiger partial charge in [0, 0.05) is 6.42 Å². The van der Waals surface area contributed by atoms with E-state index in [1.807, 2.05) is 36.4 Å². The summed E-state index contributed by atoms with van der Waals surface area (Å²) in [6.07, 6.45) is 0.687. The first-order valence-electron chi connectivity index (χ1n) is 9.18. The molecule has 3 N–H and O–H groups in total. The summed E-state index contributed by atoms with van der Waals surface area (Å²) in [5, 5.41) is 3.42. The molecule has 2 unspecified atom stereocenters. The largest absolute Gasteiger partial charge is 0.370 e. The third-order valence-corrected chi connectivity index (χ3v) is 5.02. The van der Waals surface area contributed by atoms with E-state index in [9.17, 15) is 14.4 Å². The molecule has 4 rings (SSSR count). The minimum Gasteiger partial charge on any atom is -0.370 e. The fourth-order valence-electron chi connectivity index (χ4n) is 3.69. The molecular weight excluding hydrogens is 356 g/mol. The fraction of sp³-hybridized carbons (Fsp3) is 0.238. The van der Waals surface area contributed by atoms with Crippen LogP contribution in [0.25, 0.3) is 10.9 Å². The van der Waals surface area contributed by atoms with Gasteiger partial charge in [-0.3, -0.25) is 19.0 Å². The molecule has 2 amide bonds. The molecule has 0 spiro atoms. The Bertz CT molecular complexity index is 1110. The second-order valence-electron chi connectivity index (χ2n) is 6.93. The van der Waals surface area contributed by atoms with Gasteiger partial charge in [0.2, 0.25) is 11.8 Å². The maximum atomic E-state index is 13.2. The van der Waals surface area contributed by atoms with Gasteiger partial charge in [0.05, 0.1) is 16.9 Å². The van der Waals surface area contributed by atoms with Crippen LogP contribution in [0.15, 0.2) is 59.4 Å². The Hall–Kier alpha value is -3.48. The van der Waals surface area contributed by atoms with Gasteiger partial charge in [0.15, 0.2) is 0 Å². The van der Waals surface area contributed by atoms with Gasteiger partial charge in [0.1, 0.15) is 11.9 Å². The van der Waals surface area contributed by atoms with Gasteiger partial charge in [-0.05, 0) is 30.5 Å². The zero-order chi connectivity index (χ0) is 19.7. The third-order valence-electron chi connectivity index (χ3n) is 5.02. The van der Waals surface area contributed by atoms with Crippen LogP contribution in [0.4, 0.5) is 0 Å². The molecule has 28 heavy (non-hydrogen) atoms. The van der Waals surface area contributed by atoms with E-state index in [1.165, 1.54) is 4.57 Å². The molecule has 142 valence electrons. The van der Waals surface area contributed by atoms with E-state index >= 15 is 0 Å². The van der Waals surface area contributed by atoms with Crippen LogP contribution in [0.1, 0.15) is 36.3 Å². The van der Waals surface area contributed by atoms with Gasteiger partial charge in [0.25, 0.3) is 5.56 Å². The molecule has 1 aromatic heterocycles. The zero-order valence-electron chi connectivity index (χ0n) is 15.2. The number of benzene rings is 2. The lowest BCUT2D eigenvalue weighted by molar-refractivity contribution is -0.127. The lowest BCUT2D eigenvalue weighted by Gasteiger charge is -2.33. The van der Waals surface area contributed by atoms with Crippen LogP contribution in [0.2, 0.25) is 0 Å². The summed E-state index contributed by atoms with van der Waals surface area (Å²) < 4.78 is 1.44. The van der Waals surface area contributed by atoms with Crippen molar-refractivity contribution in [1.82, 2.24) is 14.9 Å². The lowest BCUT2D eigenvalue weighted by atomic mass is 9.99. The summed E-state index contributed by atoms with van der Waals surface area (Å²) in [7, 11) is 0. The maximum absolute atomic E-state index is 13.2. The van der Waals surface area contributed by atoms with Crippen molar-refractivity contribution in [2.45, 2.75) is 31.3 Å². The Balaban J connectivity index is 1.85. The number of amides is 2. The second-order valence-corrected chi connectivity index (χ2v) is 6.93. The summed E-state index contributed by atoms with van der Waals surface area (Å²) in [5.74, 6) is -0.307. The lowest BCUT2D eigenvalue weighted by Crippen LogP contribution is -2.48. The summed E-state index contributed by atoms with van der Waals surface area (Å²) in [5.41, 5.74) is 6.59. The van der Waals surface area contributed by atoms with E-state index in [1.54, 1.807) is 18.2 Å². The van der Waals surface area contributed by atoms with Gasteiger partial charge in [-0.25, -0.2) is 4.98 Å². The van der Waals surface area contributed by atoms with E-state index in [0.717, 1.165) is 5.56 Å². The van der Waals surface area contributed by atoms with Crippen LogP contribution < -0.4 is 16.6 Å². The fourth-order valence-corrected chi connectivity index (χ4v) is 3.69. The van der Waals surface area contributed by atoms with E-state index in [0.29, 0.717) is 23.1 Å². The Kier molecular flexibility index (Phi) is 4.65. The van der Waals surface area contributed by atoms with Crippen molar-refractivity contribution in [2.24, 2.45) is 5.73 Å². The number of hydrogen-bond donors (Lipinski definition) is 2. The molecule has 0 aliphatic carbocycles. The van der Waals surface area contributed by atoms with Gasteiger partial charge in [-0.15, -0.1) is 0 Å². The minimum absolute atomic E-state index is 0.0140. The van der Waals surface area contributed by atoms with Crippen molar-refractivity contribution >= 4 is 22.7 Å². The minimum atomic E-state index is -0.806.